The molecule has 0 aliphatic rings. The summed E-state index contributed by atoms with van der Waals surface area (Å²) in [7, 11) is 0.843. The van der Waals surface area contributed by atoms with Crippen LogP contribution in [0.3, 0.4) is 0 Å². The van der Waals surface area contributed by atoms with E-state index in [1.807, 2.05) is 18.2 Å². The zero-order valence-corrected chi connectivity index (χ0v) is 13.0. The van der Waals surface area contributed by atoms with Crippen molar-refractivity contribution in [2.45, 2.75) is 20.0 Å². The Kier molecular flexibility index (Phi) is 4.28. The molecular weight excluding hydrogens is 276 g/mol. The smallest absolute Gasteiger partial charge is 0.425 e. The molecule has 0 unspecified atom stereocenters. The van der Waals surface area contributed by atoms with Crippen LogP contribution in [0.2, 0.25) is 13.1 Å². The standard InChI is InChI=1S/C13H17N2O4Si/c1-5-18-12-13(16)19-14-15(12)10-7-6-9(17-2)8-11(10)20(3)4/h6-8H,5H2,1-4H3. The Morgan fingerprint density at radius 2 is 2.15 bits per heavy atom. The molecule has 1 aromatic heterocycles. The summed E-state index contributed by atoms with van der Waals surface area (Å²) >= 11 is 0. The number of nitrogens with zero attached hydrogens (tertiary/aromatic N) is 2. The number of aromatic nitrogens is 2. The lowest BCUT2D eigenvalue weighted by molar-refractivity contribution is -0.674. The second kappa shape index (κ2) is 5.95. The van der Waals surface area contributed by atoms with Crippen molar-refractivity contribution in [1.82, 2.24) is 5.27 Å². The molecule has 0 amide bonds. The van der Waals surface area contributed by atoms with Gasteiger partial charge in [-0.3, -0.25) is 0 Å². The number of rotatable bonds is 5. The minimum Gasteiger partial charge on any atom is -0.536 e. The molecule has 0 fully saturated rings. The van der Waals surface area contributed by atoms with Gasteiger partial charge in [-0.25, -0.2) is 0 Å². The normalized spacial score (nSPS) is 10.8. The monoisotopic (exact) mass is 293 g/mol. The fraction of sp³-hybridized carbons (Fsp3) is 0.385. The van der Waals surface area contributed by atoms with Crippen LogP contribution in [-0.2, 0) is 0 Å². The first kappa shape index (κ1) is 14.4. The van der Waals surface area contributed by atoms with Crippen molar-refractivity contribution in [3.05, 3.63) is 18.2 Å². The van der Waals surface area contributed by atoms with Gasteiger partial charge in [0.2, 0.25) is 5.69 Å². The van der Waals surface area contributed by atoms with Crippen molar-refractivity contribution >= 4 is 14.0 Å². The molecule has 0 saturated heterocycles. The fourth-order valence-electron chi connectivity index (χ4n) is 1.88. The van der Waals surface area contributed by atoms with Crippen LogP contribution in [0.15, 0.2) is 22.7 Å². The van der Waals surface area contributed by atoms with E-state index in [0.717, 1.165) is 16.6 Å². The summed E-state index contributed by atoms with van der Waals surface area (Å²) in [5.74, 6) is 0.302. The molecule has 7 heteroatoms. The molecule has 0 saturated carbocycles. The largest absolute Gasteiger partial charge is 0.536 e. The third-order valence-electron chi connectivity index (χ3n) is 2.82. The van der Waals surface area contributed by atoms with E-state index >= 15 is 0 Å². The number of benzene rings is 1. The third kappa shape index (κ3) is 2.62. The molecule has 20 heavy (non-hydrogen) atoms. The minimum absolute atomic E-state index is 0.0992. The van der Waals surface area contributed by atoms with E-state index in [0.29, 0.717) is 6.61 Å². The number of methoxy groups -OCH3 is 1. The van der Waals surface area contributed by atoms with Crippen LogP contribution in [0, 0.1) is 0 Å². The van der Waals surface area contributed by atoms with E-state index in [2.05, 4.69) is 18.4 Å². The minimum atomic E-state index is -0.783. The molecule has 6 nitrogen and oxygen atoms in total. The Bertz CT molecular complexity index is 598. The highest BCUT2D eigenvalue weighted by atomic mass is 28.3. The average molecular weight is 293 g/mol. The lowest BCUT2D eigenvalue weighted by Gasteiger charge is -2.08. The van der Waals surface area contributed by atoms with Crippen molar-refractivity contribution in [1.29, 1.82) is 0 Å². The van der Waals surface area contributed by atoms with Gasteiger partial charge in [-0.2, -0.15) is 0 Å². The Labute approximate surface area is 119 Å². The summed E-state index contributed by atoms with van der Waals surface area (Å²) < 4.78 is 16.7. The maximum Gasteiger partial charge on any atom is 0.425 e. The van der Waals surface area contributed by atoms with E-state index in [1.54, 1.807) is 14.0 Å². The van der Waals surface area contributed by atoms with Gasteiger partial charge in [0.05, 0.1) is 27.8 Å². The highest BCUT2D eigenvalue weighted by Gasteiger charge is 2.26. The maximum atomic E-state index is 11.6. The van der Waals surface area contributed by atoms with Gasteiger partial charge in [0.1, 0.15) is 5.75 Å². The summed E-state index contributed by atoms with van der Waals surface area (Å²) in [6, 6.07) is 5.65. The first-order chi connectivity index (χ1) is 9.58. The Morgan fingerprint density at radius 3 is 2.75 bits per heavy atom. The van der Waals surface area contributed by atoms with E-state index in [1.165, 1.54) is 4.68 Å². The number of hydrogen-bond donors (Lipinski definition) is 0. The van der Waals surface area contributed by atoms with Gasteiger partial charge in [0.15, 0.2) is 5.95 Å². The van der Waals surface area contributed by atoms with Crippen LogP contribution in [-0.4, -0.2) is 27.8 Å². The van der Waals surface area contributed by atoms with Crippen molar-refractivity contribution < 1.29 is 23.8 Å². The third-order valence-corrected chi connectivity index (χ3v) is 4.30. The summed E-state index contributed by atoms with van der Waals surface area (Å²) in [6.07, 6.45) is 0. The second-order valence-corrected chi connectivity index (χ2v) is 6.93. The molecule has 2 rings (SSSR count). The van der Waals surface area contributed by atoms with Crippen LogP contribution in [0.1, 0.15) is 6.92 Å². The van der Waals surface area contributed by atoms with Gasteiger partial charge in [-0.15, -0.1) is 0 Å². The molecule has 0 aliphatic heterocycles. The molecule has 1 heterocycles. The molecule has 1 radical (unpaired) electrons. The van der Waals surface area contributed by atoms with Crippen LogP contribution >= 0.6 is 0 Å². The summed E-state index contributed by atoms with van der Waals surface area (Å²) in [6.45, 7) is 6.49. The molecule has 2 aromatic rings. The molecule has 107 valence electrons. The Balaban J connectivity index is 2.57. The van der Waals surface area contributed by atoms with E-state index < -0.39 is 14.7 Å². The zero-order valence-electron chi connectivity index (χ0n) is 12.0. The van der Waals surface area contributed by atoms with Gasteiger partial charge in [-0.1, -0.05) is 13.1 Å². The summed E-state index contributed by atoms with van der Waals surface area (Å²) in [5, 5.41) is 16.5. The first-order valence-corrected chi connectivity index (χ1v) is 8.79. The first-order valence-electron chi connectivity index (χ1n) is 6.29. The maximum absolute atomic E-state index is 11.6. The van der Waals surface area contributed by atoms with Crippen molar-refractivity contribution in [2.24, 2.45) is 0 Å². The van der Waals surface area contributed by atoms with Crippen molar-refractivity contribution in [2.75, 3.05) is 13.7 Å². The predicted octanol–water partition coefficient (Wildman–Crippen LogP) is 0.394. The Hall–Kier alpha value is -2.02. The van der Waals surface area contributed by atoms with Gasteiger partial charge < -0.3 is 19.1 Å². The number of hydrogen-bond acceptors (Lipinski definition) is 5. The lowest BCUT2D eigenvalue weighted by Crippen LogP contribution is -2.43. The molecule has 0 aliphatic carbocycles. The molecule has 0 N–H and O–H groups in total. The van der Waals surface area contributed by atoms with Crippen LogP contribution in [0.25, 0.3) is 5.69 Å². The average Bonchev–Trinajstić information content (AvgIpc) is 2.80. The quantitative estimate of drug-likeness (QED) is 0.589. The molecular formula is C13H17N2O4Si. The molecule has 0 bridgehead atoms. The van der Waals surface area contributed by atoms with Gasteiger partial charge in [0, 0.05) is 15.9 Å². The molecule has 0 atom stereocenters. The van der Waals surface area contributed by atoms with Crippen molar-refractivity contribution in [3.63, 3.8) is 0 Å². The SMILES string of the molecule is CCOc1c([O-])on[n+]1-c1ccc(OC)cc1[Si](C)C. The summed E-state index contributed by atoms with van der Waals surface area (Å²) in [4.78, 5) is 0. The lowest BCUT2D eigenvalue weighted by atomic mass is 10.3. The van der Waals surface area contributed by atoms with Crippen LogP contribution < -0.4 is 24.4 Å². The highest BCUT2D eigenvalue weighted by molar-refractivity contribution is 6.71. The Morgan fingerprint density at radius 1 is 1.40 bits per heavy atom. The van der Waals surface area contributed by atoms with Gasteiger partial charge in [0.25, 0.3) is 0 Å². The van der Waals surface area contributed by atoms with E-state index in [-0.39, 0.29) is 5.88 Å². The zero-order chi connectivity index (χ0) is 14.7. The van der Waals surface area contributed by atoms with Crippen LogP contribution in [0.4, 0.5) is 0 Å². The number of ether oxygens (including phenoxy) is 2. The molecule has 1 aromatic carbocycles. The van der Waals surface area contributed by atoms with Crippen LogP contribution in [0.5, 0.6) is 17.6 Å². The second-order valence-electron chi connectivity index (χ2n) is 4.39. The van der Waals surface area contributed by atoms with Crippen molar-refractivity contribution in [3.8, 4) is 23.3 Å². The molecule has 0 spiro atoms. The predicted molar refractivity (Wildman–Crippen MR) is 72.3 cm³/mol. The van der Waals surface area contributed by atoms with E-state index in [9.17, 15) is 5.11 Å². The van der Waals surface area contributed by atoms with Gasteiger partial charge >= 0.3 is 5.88 Å². The fourth-order valence-corrected chi connectivity index (χ4v) is 3.01. The van der Waals surface area contributed by atoms with Gasteiger partial charge in [-0.05, 0) is 19.1 Å². The highest BCUT2D eigenvalue weighted by Crippen LogP contribution is 2.19. The van der Waals surface area contributed by atoms with E-state index in [4.69, 9.17) is 14.0 Å². The summed E-state index contributed by atoms with van der Waals surface area (Å²) in [5.41, 5.74) is 0.791. The topological polar surface area (TPSA) is 71.4 Å².